The van der Waals surface area contributed by atoms with E-state index in [2.05, 4.69) is 60.0 Å². The van der Waals surface area contributed by atoms with E-state index < -0.39 is 0 Å². The van der Waals surface area contributed by atoms with Gasteiger partial charge in [0.25, 0.3) is 0 Å². The molecule has 3 rings (SSSR count). The Bertz CT molecular complexity index is 693. The van der Waals surface area contributed by atoms with E-state index in [4.69, 9.17) is 14.5 Å². The van der Waals surface area contributed by atoms with Gasteiger partial charge in [0.05, 0.1) is 0 Å². The number of benzene rings is 1. The highest BCUT2D eigenvalue weighted by Gasteiger charge is 2.20. The second-order valence-corrected chi connectivity index (χ2v) is 8.47. The number of guanidine groups is 1. The summed E-state index contributed by atoms with van der Waals surface area (Å²) in [4.78, 5) is 12.2. The summed E-state index contributed by atoms with van der Waals surface area (Å²) >= 11 is 0. The molecule has 1 N–H and O–H groups in total. The number of hydrogen-bond acceptors (Lipinski definition) is 5. The molecule has 2 aliphatic heterocycles. The third-order valence-corrected chi connectivity index (χ3v) is 5.91. The number of ether oxygens (including phenoxy) is 2. The minimum atomic E-state index is 0. The normalized spacial score (nSPS) is 16.7. The summed E-state index contributed by atoms with van der Waals surface area (Å²) in [7, 11) is 2.20. The number of aliphatic imine (C=N–C) groups is 1. The van der Waals surface area contributed by atoms with Gasteiger partial charge in [-0.3, -0.25) is 9.89 Å². The molecular formula is C23H40IN5O2. The minimum Gasteiger partial charge on any atom is -0.454 e. The molecule has 0 radical (unpaired) electrons. The molecule has 2 heterocycles. The summed E-state index contributed by atoms with van der Waals surface area (Å²) < 4.78 is 10.9. The molecule has 0 aliphatic carbocycles. The van der Waals surface area contributed by atoms with Crippen LogP contribution in [0.2, 0.25) is 0 Å². The van der Waals surface area contributed by atoms with Crippen molar-refractivity contribution in [3.05, 3.63) is 23.8 Å². The number of unbranched alkanes of at least 4 members (excludes halogenated alkanes) is 1. The topological polar surface area (TPSA) is 52.6 Å². The van der Waals surface area contributed by atoms with Crippen molar-refractivity contribution in [3.8, 4) is 11.5 Å². The van der Waals surface area contributed by atoms with Gasteiger partial charge in [-0.05, 0) is 64.9 Å². The van der Waals surface area contributed by atoms with Crippen molar-refractivity contribution >= 4 is 29.9 Å². The van der Waals surface area contributed by atoms with Crippen molar-refractivity contribution in [2.75, 3.05) is 59.7 Å². The summed E-state index contributed by atoms with van der Waals surface area (Å²) in [6.45, 7) is 14.9. The van der Waals surface area contributed by atoms with Gasteiger partial charge in [0.1, 0.15) is 0 Å². The first-order valence-corrected chi connectivity index (χ1v) is 11.4. The number of rotatable bonds is 9. The zero-order valence-electron chi connectivity index (χ0n) is 19.6. The maximum Gasteiger partial charge on any atom is 0.231 e. The molecule has 0 unspecified atom stereocenters. The smallest absolute Gasteiger partial charge is 0.231 e. The Morgan fingerprint density at radius 2 is 1.87 bits per heavy atom. The van der Waals surface area contributed by atoms with Crippen LogP contribution in [0.1, 0.15) is 39.2 Å². The lowest BCUT2D eigenvalue weighted by atomic mass is 10.1. The molecule has 0 aromatic heterocycles. The van der Waals surface area contributed by atoms with Crippen molar-refractivity contribution in [2.24, 2.45) is 4.99 Å². The first kappa shape index (κ1) is 26.0. The average molecular weight is 546 g/mol. The molecular weight excluding hydrogens is 505 g/mol. The molecule has 1 aromatic carbocycles. The van der Waals surface area contributed by atoms with E-state index in [0.717, 1.165) is 76.2 Å². The standard InChI is InChI=1S/C23H39N5O2.HI/c1-5-24-23(25-10-6-7-11-26(4)19(2)3)28-14-12-27(13-15-28)17-20-8-9-21-22(16-20)30-18-29-21;/h8-9,16,19H,5-7,10-15,17-18H2,1-4H3,(H,24,25);1H. The van der Waals surface area contributed by atoms with Gasteiger partial charge in [-0.2, -0.15) is 0 Å². The number of nitrogens with one attached hydrogen (secondary N) is 1. The molecule has 7 nitrogen and oxygen atoms in total. The Morgan fingerprint density at radius 1 is 1.13 bits per heavy atom. The van der Waals surface area contributed by atoms with Crippen LogP contribution in [0.25, 0.3) is 0 Å². The number of hydrogen-bond donors (Lipinski definition) is 1. The van der Waals surface area contributed by atoms with Crippen LogP contribution in [0.5, 0.6) is 11.5 Å². The first-order valence-electron chi connectivity index (χ1n) is 11.4. The van der Waals surface area contributed by atoms with E-state index in [1.165, 1.54) is 12.0 Å². The number of piperazine rings is 1. The summed E-state index contributed by atoms with van der Waals surface area (Å²) in [5, 5.41) is 3.48. The molecule has 0 bridgehead atoms. The molecule has 31 heavy (non-hydrogen) atoms. The molecule has 0 spiro atoms. The maximum absolute atomic E-state index is 5.51. The quantitative estimate of drug-likeness (QED) is 0.223. The minimum absolute atomic E-state index is 0. The molecule has 1 aromatic rings. The van der Waals surface area contributed by atoms with Crippen LogP contribution < -0.4 is 14.8 Å². The highest BCUT2D eigenvalue weighted by atomic mass is 127. The van der Waals surface area contributed by atoms with Crippen molar-refractivity contribution < 1.29 is 9.47 Å². The Hall–Kier alpha value is -1.26. The Balaban J connectivity index is 0.00000341. The van der Waals surface area contributed by atoms with Crippen molar-refractivity contribution in [1.29, 1.82) is 0 Å². The van der Waals surface area contributed by atoms with E-state index in [1.54, 1.807) is 0 Å². The predicted octanol–water partition coefficient (Wildman–Crippen LogP) is 3.24. The lowest BCUT2D eigenvalue weighted by Crippen LogP contribution is -2.52. The van der Waals surface area contributed by atoms with Gasteiger partial charge in [-0.25, -0.2) is 0 Å². The van der Waals surface area contributed by atoms with Crippen LogP contribution in [-0.4, -0.2) is 86.4 Å². The molecule has 0 amide bonds. The fourth-order valence-corrected chi connectivity index (χ4v) is 3.76. The van der Waals surface area contributed by atoms with Crippen molar-refractivity contribution in [1.82, 2.24) is 20.0 Å². The highest BCUT2D eigenvalue weighted by Crippen LogP contribution is 2.32. The predicted molar refractivity (Wildman–Crippen MR) is 138 cm³/mol. The highest BCUT2D eigenvalue weighted by molar-refractivity contribution is 14.0. The van der Waals surface area contributed by atoms with E-state index >= 15 is 0 Å². The second kappa shape index (κ2) is 13.3. The van der Waals surface area contributed by atoms with Gasteiger partial charge in [0.15, 0.2) is 17.5 Å². The van der Waals surface area contributed by atoms with Crippen LogP contribution >= 0.6 is 24.0 Å². The SMILES string of the molecule is CCNC(=NCCCCN(C)C(C)C)N1CCN(Cc2ccc3c(c2)OCO3)CC1.I. The van der Waals surface area contributed by atoms with E-state index in [-0.39, 0.29) is 24.0 Å². The summed E-state index contributed by atoms with van der Waals surface area (Å²) in [6, 6.07) is 6.88. The fraction of sp³-hybridized carbons (Fsp3) is 0.696. The third kappa shape index (κ3) is 7.98. The largest absolute Gasteiger partial charge is 0.454 e. The zero-order chi connectivity index (χ0) is 21.3. The zero-order valence-corrected chi connectivity index (χ0v) is 21.9. The van der Waals surface area contributed by atoms with Crippen LogP contribution in [0.15, 0.2) is 23.2 Å². The molecule has 1 saturated heterocycles. The van der Waals surface area contributed by atoms with Gasteiger partial charge < -0.3 is 24.6 Å². The molecule has 0 atom stereocenters. The van der Waals surface area contributed by atoms with Gasteiger partial charge in [0.2, 0.25) is 6.79 Å². The van der Waals surface area contributed by atoms with Crippen molar-refractivity contribution in [2.45, 2.75) is 46.2 Å². The van der Waals surface area contributed by atoms with Gasteiger partial charge in [0, 0.05) is 51.9 Å². The van der Waals surface area contributed by atoms with Crippen LogP contribution in [0.4, 0.5) is 0 Å². The summed E-state index contributed by atoms with van der Waals surface area (Å²) in [5.41, 5.74) is 1.28. The number of fused-ring (bicyclic) bond motifs is 1. The van der Waals surface area contributed by atoms with E-state index in [9.17, 15) is 0 Å². The Morgan fingerprint density at radius 3 is 2.58 bits per heavy atom. The lowest BCUT2D eigenvalue weighted by Gasteiger charge is -2.36. The second-order valence-electron chi connectivity index (χ2n) is 8.47. The summed E-state index contributed by atoms with van der Waals surface area (Å²) in [6.07, 6.45) is 2.33. The van der Waals surface area contributed by atoms with Gasteiger partial charge >= 0.3 is 0 Å². The number of halogens is 1. The van der Waals surface area contributed by atoms with Crippen LogP contribution in [0.3, 0.4) is 0 Å². The maximum atomic E-state index is 5.51. The Labute approximate surface area is 205 Å². The van der Waals surface area contributed by atoms with Gasteiger partial charge in [-0.1, -0.05) is 6.07 Å². The molecule has 176 valence electrons. The third-order valence-electron chi connectivity index (χ3n) is 5.91. The summed E-state index contributed by atoms with van der Waals surface area (Å²) in [5.74, 6) is 2.79. The fourth-order valence-electron chi connectivity index (χ4n) is 3.76. The number of nitrogens with zero attached hydrogens (tertiary/aromatic N) is 4. The lowest BCUT2D eigenvalue weighted by molar-refractivity contribution is 0.171. The molecule has 1 fully saturated rings. The van der Waals surface area contributed by atoms with E-state index in [0.29, 0.717) is 12.8 Å². The molecule has 0 saturated carbocycles. The average Bonchev–Trinajstić information content (AvgIpc) is 3.21. The van der Waals surface area contributed by atoms with Crippen LogP contribution in [-0.2, 0) is 6.54 Å². The Kier molecular flexibility index (Phi) is 11.2. The van der Waals surface area contributed by atoms with E-state index in [1.807, 2.05) is 6.07 Å². The molecule has 8 heteroatoms. The van der Waals surface area contributed by atoms with Gasteiger partial charge in [-0.15, -0.1) is 24.0 Å². The first-order chi connectivity index (χ1) is 14.6. The van der Waals surface area contributed by atoms with Crippen LogP contribution in [0, 0.1) is 0 Å². The van der Waals surface area contributed by atoms with Crippen molar-refractivity contribution in [3.63, 3.8) is 0 Å². The monoisotopic (exact) mass is 545 g/mol. The molecule has 2 aliphatic rings.